The van der Waals surface area contributed by atoms with Crippen LogP contribution in [-0.4, -0.2) is 75.9 Å². The van der Waals surface area contributed by atoms with Crippen LogP contribution in [0, 0.1) is 6.92 Å². The van der Waals surface area contributed by atoms with E-state index in [0.29, 0.717) is 62.9 Å². The average molecular weight is 584 g/mol. The molecule has 9 nitrogen and oxygen atoms in total. The molecule has 2 aromatic carbocycles. The summed E-state index contributed by atoms with van der Waals surface area (Å²) in [6.45, 7) is 6.29. The van der Waals surface area contributed by atoms with Crippen LogP contribution in [0.3, 0.4) is 0 Å². The van der Waals surface area contributed by atoms with Crippen LogP contribution in [0.2, 0.25) is 0 Å². The lowest BCUT2D eigenvalue weighted by Crippen LogP contribution is -2.45. The van der Waals surface area contributed by atoms with Crippen molar-refractivity contribution in [3.8, 4) is 17.2 Å². The number of anilines is 1. The fraction of sp³-hybridized carbons (Fsp3) is 0.419. The van der Waals surface area contributed by atoms with Crippen molar-refractivity contribution in [2.24, 2.45) is 0 Å². The number of nitrogens with zero attached hydrogens (tertiary/aromatic N) is 2. The minimum atomic E-state index is -0.342. The maximum absolute atomic E-state index is 13.7. The van der Waals surface area contributed by atoms with E-state index in [0.717, 1.165) is 16.2 Å². The molecule has 3 aromatic rings. The lowest BCUT2D eigenvalue weighted by atomic mass is 10.1. The highest BCUT2D eigenvalue weighted by molar-refractivity contribution is 7.11. The first kappa shape index (κ1) is 31.8. The van der Waals surface area contributed by atoms with Crippen molar-refractivity contribution in [1.82, 2.24) is 9.80 Å². The molecule has 0 saturated carbocycles. The Morgan fingerprint density at radius 2 is 1.66 bits per heavy atom. The number of carbonyl (C=O) groups is 2. The van der Waals surface area contributed by atoms with Crippen molar-refractivity contribution in [2.75, 3.05) is 59.5 Å². The molecule has 222 valence electrons. The molecule has 0 aliphatic rings. The van der Waals surface area contributed by atoms with E-state index in [1.54, 1.807) is 61.8 Å². The summed E-state index contributed by atoms with van der Waals surface area (Å²) in [4.78, 5) is 32.7. The van der Waals surface area contributed by atoms with E-state index in [-0.39, 0.29) is 18.5 Å². The van der Waals surface area contributed by atoms with E-state index in [1.165, 1.54) is 4.88 Å². The van der Waals surface area contributed by atoms with Crippen LogP contribution >= 0.6 is 11.3 Å². The Morgan fingerprint density at radius 1 is 0.902 bits per heavy atom. The molecule has 0 aliphatic carbocycles. The van der Waals surface area contributed by atoms with Crippen LogP contribution in [0.4, 0.5) is 10.5 Å². The largest absolute Gasteiger partial charge is 0.494 e. The molecule has 0 spiro atoms. The van der Waals surface area contributed by atoms with Gasteiger partial charge in [0.25, 0.3) is 0 Å². The molecule has 0 saturated heterocycles. The molecule has 0 atom stereocenters. The number of aryl methyl sites for hydroxylation is 1. The van der Waals surface area contributed by atoms with Gasteiger partial charge in [0.1, 0.15) is 12.3 Å². The number of rotatable bonds is 16. The van der Waals surface area contributed by atoms with E-state index in [2.05, 4.69) is 11.4 Å². The number of ether oxygens (including phenoxy) is 4. The lowest BCUT2D eigenvalue weighted by Gasteiger charge is -2.28. The molecule has 0 aliphatic heterocycles. The predicted octanol–water partition coefficient (Wildman–Crippen LogP) is 5.61. The Morgan fingerprint density at radius 3 is 2.29 bits per heavy atom. The molecule has 3 rings (SSSR count). The Hall–Kier alpha value is -3.76. The summed E-state index contributed by atoms with van der Waals surface area (Å²) in [6.07, 6.45) is 1.23. The monoisotopic (exact) mass is 583 g/mol. The molecule has 1 heterocycles. The molecule has 10 heteroatoms. The fourth-order valence-corrected chi connectivity index (χ4v) is 5.18. The van der Waals surface area contributed by atoms with Gasteiger partial charge < -0.3 is 34.1 Å². The Kier molecular flexibility index (Phi) is 12.8. The molecule has 3 amide bonds. The minimum absolute atomic E-state index is 0.0527. The van der Waals surface area contributed by atoms with Crippen LogP contribution in [0.5, 0.6) is 17.2 Å². The molecule has 0 unspecified atom stereocenters. The molecular formula is C31H41N3O6S. The second kappa shape index (κ2) is 16.5. The summed E-state index contributed by atoms with van der Waals surface area (Å²) in [6, 6.07) is 16.7. The van der Waals surface area contributed by atoms with Gasteiger partial charge in [0.05, 0.1) is 27.4 Å². The van der Waals surface area contributed by atoms with Gasteiger partial charge in [-0.25, -0.2) is 4.79 Å². The number of methoxy groups -OCH3 is 3. The maximum Gasteiger partial charge on any atom is 0.322 e. The van der Waals surface area contributed by atoms with Gasteiger partial charge in [0, 0.05) is 42.2 Å². The molecule has 1 N–H and O–H groups in total. The number of benzene rings is 2. The molecular weight excluding hydrogens is 542 g/mol. The normalized spacial score (nSPS) is 10.7. The van der Waals surface area contributed by atoms with E-state index < -0.39 is 0 Å². The zero-order valence-corrected chi connectivity index (χ0v) is 25.4. The highest BCUT2D eigenvalue weighted by Gasteiger charge is 2.22. The minimum Gasteiger partial charge on any atom is -0.494 e. The number of hydrogen-bond donors (Lipinski definition) is 1. The van der Waals surface area contributed by atoms with Crippen molar-refractivity contribution < 1.29 is 28.5 Å². The van der Waals surface area contributed by atoms with Gasteiger partial charge in [0.2, 0.25) is 5.91 Å². The van der Waals surface area contributed by atoms with Crippen molar-refractivity contribution in [1.29, 1.82) is 0 Å². The topological polar surface area (TPSA) is 89.6 Å². The molecule has 41 heavy (non-hydrogen) atoms. The number of urea groups is 1. The van der Waals surface area contributed by atoms with Crippen molar-refractivity contribution >= 4 is 29.0 Å². The Bertz CT molecular complexity index is 1250. The summed E-state index contributed by atoms with van der Waals surface area (Å²) >= 11 is 1.66. The summed E-state index contributed by atoms with van der Waals surface area (Å²) in [5.74, 6) is 1.90. The zero-order valence-electron chi connectivity index (χ0n) is 24.6. The van der Waals surface area contributed by atoms with Gasteiger partial charge in [-0.05, 0) is 80.8 Å². The maximum atomic E-state index is 13.7. The molecule has 0 fully saturated rings. The first-order valence-electron chi connectivity index (χ1n) is 13.7. The van der Waals surface area contributed by atoms with Gasteiger partial charge in [-0.15, -0.1) is 11.3 Å². The molecule has 0 radical (unpaired) electrons. The number of hydrogen-bond acceptors (Lipinski definition) is 7. The number of nitrogens with one attached hydrogen (secondary N) is 1. The SMILES string of the molecule is CCOc1ccc(NC(=O)N(CCCOC)CC(=O)N(CCc2ccc(OC)c(OC)c2)Cc2ccc(C)s2)cc1. The van der Waals surface area contributed by atoms with E-state index in [9.17, 15) is 9.59 Å². The number of amides is 3. The summed E-state index contributed by atoms with van der Waals surface area (Å²) in [5, 5.41) is 2.91. The quantitative estimate of drug-likeness (QED) is 0.221. The second-order valence-corrected chi connectivity index (χ2v) is 10.8. The fourth-order valence-electron chi connectivity index (χ4n) is 4.27. The van der Waals surface area contributed by atoms with Gasteiger partial charge >= 0.3 is 6.03 Å². The van der Waals surface area contributed by atoms with E-state index >= 15 is 0 Å². The highest BCUT2D eigenvalue weighted by Crippen LogP contribution is 2.28. The first-order valence-corrected chi connectivity index (χ1v) is 14.5. The smallest absolute Gasteiger partial charge is 0.322 e. The Balaban J connectivity index is 1.75. The third kappa shape index (κ3) is 9.98. The second-order valence-electron chi connectivity index (χ2n) is 9.42. The van der Waals surface area contributed by atoms with Crippen molar-refractivity contribution in [3.05, 3.63) is 69.9 Å². The number of carbonyl (C=O) groups excluding carboxylic acids is 2. The molecule has 0 bridgehead atoms. The van der Waals surface area contributed by atoms with Crippen LogP contribution in [0.15, 0.2) is 54.6 Å². The third-order valence-electron chi connectivity index (χ3n) is 6.42. The highest BCUT2D eigenvalue weighted by atomic mass is 32.1. The van der Waals surface area contributed by atoms with Crippen molar-refractivity contribution in [3.63, 3.8) is 0 Å². The summed E-state index contributed by atoms with van der Waals surface area (Å²) in [5.41, 5.74) is 1.65. The van der Waals surface area contributed by atoms with Gasteiger partial charge in [-0.1, -0.05) is 6.07 Å². The van der Waals surface area contributed by atoms with Gasteiger partial charge in [-0.2, -0.15) is 0 Å². The summed E-state index contributed by atoms with van der Waals surface area (Å²) in [7, 11) is 4.83. The van der Waals surface area contributed by atoms with E-state index in [4.69, 9.17) is 18.9 Å². The lowest BCUT2D eigenvalue weighted by molar-refractivity contribution is -0.132. The van der Waals surface area contributed by atoms with Crippen LogP contribution in [-0.2, 0) is 22.5 Å². The average Bonchev–Trinajstić information content (AvgIpc) is 3.39. The van der Waals surface area contributed by atoms with E-state index in [1.807, 2.05) is 43.0 Å². The first-order chi connectivity index (χ1) is 19.9. The zero-order chi connectivity index (χ0) is 29.6. The number of thiophene rings is 1. The Labute approximate surface area is 247 Å². The standard InChI is InChI=1S/C31H41N3O6S/c1-6-40-26-12-10-25(11-13-26)32-31(36)34(17-7-19-37-3)22-30(35)33(21-27-14-8-23(2)41-27)18-16-24-9-15-28(38-4)29(20-24)39-5/h8-15,20H,6-7,16-19,21-22H2,1-5H3,(H,32,36). The van der Waals surface area contributed by atoms with Gasteiger partial charge in [-0.3, -0.25) is 4.79 Å². The summed E-state index contributed by atoms with van der Waals surface area (Å²) < 4.78 is 21.5. The van der Waals surface area contributed by atoms with Crippen LogP contribution in [0.25, 0.3) is 0 Å². The molecule has 1 aromatic heterocycles. The predicted molar refractivity (Wildman–Crippen MR) is 162 cm³/mol. The van der Waals surface area contributed by atoms with Gasteiger partial charge in [0.15, 0.2) is 11.5 Å². The van der Waals surface area contributed by atoms with Crippen LogP contribution < -0.4 is 19.5 Å². The van der Waals surface area contributed by atoms with Crippen LogP contribution in [0.1, 0.15) is 28.7 Å². The third-order valence-corrected chi connectivity index (χ3v) is 7.41. The van der Waals surface area contributed by atoms with Crippen molar-refractivity contribution in [2.45, 2.75) is 33.2 Å².